The molecule has 1 spiro atoms. The van der Waals surface area contributed by atoms with Crippen molar-refractivity contribution in [1.82, 2.24) is 15.5 Å². The number of nitrogens with zero attached hydrogens (tertiary/aromatic N) is 2. The number of alkyl halides is 2. The first-order valence-corrected chi connectivity index (χ1v) is 9.33. The van der Waals surface area contributed by atoms with Crippen molar-refractivity contribution in [3.05, 3.63) is 0 Å². The van der Waals surface area contributed by atoms with Crippen LogP contribution in [0.1, 0.15) is 58.3 Å². The summed E-state index contributed by atoms with van der Waals surface area (Å²) in [5.41, 5.74) is -0.471. The Hall–Kier alpha value is -1.91. The quantitative estimate of drug-likeness (QED) is 0.755. The molecule has 3 amide bonds. The summed E-state index contributed by atoms with van der Waals surface area (Å²) in [6, 6.07) is 0.594. The average Bonchev–Trinajstić information content (AvgIpc) is 3.50. The zero-order valence-electron chi connectivity index (χ0n) is 15.1. The topological polar surface area (TPSA) is 85.2 Å². The van der Waals surface area contributed by atoms with Gasteiger partial charge in [-0.15, -0.1) is 0 Å². The fraction of sp³-hybridized carbons (Fsp3) is 0.833. The van der Waals surface area contributed by atoms with E-state index in [0.29, 0.717) is 31.3 Å². The number of likely N-dealkylation sites (tertiary alicyclic amines) is 1. The van der Waals surface area contributed by atoms with Crippen molar-refractivity contribution in [2.24, 2.45) is 5.41 Å². The van der Waals surface area contributed by atoms with Crippen LogP contribution >= 0.6 is 0 Å². The highest BCUT2D eigenvalue weighted by molar-refractivity contribution is 5.88. The van der Waals surface area contributed by atoms with Crippen molar-refractivity contribution in [2.75, 3.05) is 13.1 Å². The Morgan fingerprint density at radius 2 is 1.81 bits per heavy atom. The second-order valence-electron chi connectivity index (χ2n) is 8.28. The first kappa shape index (κ1) is 18.9. The monoisotopic (exact) mass is 368 g/mol. The number of amides is 3. The molecule has 1 atom stereocenters. The van der Waals surface area contributed by atoms with Crippen molar-refractivity contribution >= 4 is 11.9 Å². The summed E-state index contributed by atoms with van der Waals surface area (Å²) < 4.78 is 26.5. The molecular formula is C18H26F2N4O2. The molecule has 144 valence electrons. The summed E-state index contributed by atoms with van der Waals surface area (Å²) in [5.74, 6) is -3.48. The second-order valence-corrected chi connectivity index (χ2v) is 8.28. The van der Waals surface area contributed by atoms with Crippen LogP contribution in [0.2, 0.25) is 0 Å². The molecule has 26 heavy (non-hydrogen) atoms. The molecule has 1 unspecified atom stereocenters. The lowest BCUT2D eigenvalue weighted by atomic mass is 9.94. The maximum absolute atomic E-state index is 13.2. The van der Waals surface area contributed by atoms with E-state index < -0.39 is 29.8 Å². The van der Waals surface area contributed by atoms with Gasteiger partial charge in [-0.05, 0) is 57.3 Å². The zero-order chi connectivity index (χ0) is 19.0. The van der Waals surface area contributed by atoms with Gasteiger partial charge in [0.15, 0.2) is 0 Å². The molecular weight excluding hydrogens is 342 g/mol. The number of carbonyl (C=O) groups excluding carboxylic acids is 2. The number of rotatable bonds is 6. The summed E-state index contributed by atoms with van der Waals surface area (Å²) >= 11 is 0. The third kappa shape index (κ3) is 4.63. The minimum atomic E-state index is -2.92. The number of hydrogen-bond acceptors (Lipinski definition) is 3. The normalized spacial score (nSPS) is 23.7. The molecule has 3 rings (SSSR count). The van der Waals surface area contributed by atoms with E-state index in [0.717, 1.165) is 19.8 Å². The van der Waals surface area contributed by atoms with Crippen molar-refractivity contribution in [2.45, 2.75) is 75.8 Å². The predicted octanol–water partition coefficient (Wildman–Crippen LogP) is 2.55. The van der Waals surface area contributed by atoms with Gasteiger partial charge in [0.1, 0.15) is 11.6 Å². The average molecular weight is 368 g/mol. The predicted molar refractivity (Wildman–Crippen MR) is 90.4 cm³/mol. The van der Waals surface area contributed by atoms with Crippen LogP contribution in [0.3, 0.4) is 0 Å². The van der Waals surface area contributed by atoms with E-state index in [4.69, 9.17) is 5.26 Å². The molecule has 1 saturated heterocycles. The lowest BCUT2D eigenvalue weighted by molar-refractivity contribution is -0.124. The molecule has 3 fully saturated rings. The van der Waals surface area contributed by atoms with Crippen LogP contribution in [0.15, 0.2) is 0 Å². The highest BCUT2D eigenvalue weighted by Gasteiger charge is 2.47. The number of halogens is 2. The van der Waals surface area contributed by atoms with Gasteiger partial charge in [-0.1, -0.05) is 0 Å². The molecule has 1 heterocycles. The highest BCUT2D eigenvalue weighted by atomic mass is 19.3. The number of carbonyl (C=O) groups is 2. The lowest BCUT2D eigenvalue weighted by Crippen LogP contribution is -2.54. The van der Waals surface area contributed by atoms with Crippen molar-refractivity contribution < 1.29 is 18.4 Å². The first-order valence-electron chi connectivity index (χ1n) is 9.33. The van der Waals surface area contributed by atoms with Gasteiger partial charge in [-0.25, -0.2) is 13.6 Å². The number of nitrogens with one attached hydrogen (secondary N) is 2. The van der Waals surface area contributed by atoms with E-state index in [1.807, 2.05) is 6.07 Å². The molecule has 0 aromatic carbocycles. The van der Waals surface area contributed by atoms with Crippen LogP contribution in [0.4, 0.5) is 13.6 Å². The molecule has 2 saturated carbocycles. The maximum Gasteiger partial charge on any atom is 0.318 e. The van der Waals surface area contributed by atoms with Crippen LogP contribution in [0.25, 0.3) is 0 Å². The molecule has 6 nitrogen and oxygen atoms in total. The Labute approximate surface area is 152 Å². The Kier molecular flexibility index (Phi) is 4.84. The van der Waals surface area contributed by atoms with E-state index in [-0.39, 0.29) is 12.5 Å². The van der Waals surface area contributed by atoms with E-state index in [1.165, 1.54) is 12.8 Å². The van der Waals surface area contributed by atoms with Crippen LogP contribution in [0.5, 0.6) is 0 Å². The molecule has 2 N–H and O–H groups in total. The lowest BCUT2D eigenvalue weighted by Gasteiger charge is -2.33. The molecule has 0 radical (unpaired) electrons. The Balaban J connectivity index is 1.57. The maximum atomic E-state index is 13.2. The summed E-state index contributed by atoms with van der Waals surface area (Å²) in [6.07, 6.45) is 4.78. The summed E-state index contributed by atoms with van der Waals surface area (Å²) in [6.45, 7) is 2.06. The zero-order valence-corrected chi connectivity index (χ0v) is 15.1. The minimum Gasteiger partial charge on any atom is -0.336 e. The number of nitriles is 1. The Bertz CT molecular complexity index is 608. The Morgan fingerprint density at radius 1 is 1.19 bits per heavy atom. The second kappa shape index (κ2) is 6.67. The molecule has 3 aliphatic rings. The minimum absolute atomic E-state index is 0.166. The van der Waals surface area contributed by atoms with Crippen molar-refractivity contribution in [3.8, 4) is 6.07 Å². The van der Waals surface area contributed by atoms with E-state index in [9.17, 15) is 18.4 Å². The van der Waals surface area contributed by atoms with E-state index in [2.05, 4.69) is 10.6 Å². The standard InChI is InChI=1S/C18H26F2N4O2/c1-16(19,20)3-2-13(14(25)23-18(12-21)6-7-18)22-15(26)24-10-8-17(4-5-17)9-11-24/h13H,2-11H2,1H3,(H,22,26)(H,23,25). The van der Waals surface area contributed by atoms with Gasteiger partial charge >= 0.3 is 6.03 Å². The van der Waals surface area contributed by atoms with Crippen molar-refractivity contribution in [3.63, 3.8) is 0 Å². The van der Waals surface area contributed by atoms with Gasteiger partial charge in [-0.3, -0.25) is 4.79 Å². The van der Waals surface area contributed by atoms with Crippen molar-refractivity contribution in [1.29, 1.82) is 5.26 Å². The number of hydrogen-bond donors (Lipinski definition) is 2. The molecule has 2 aliphatic carbocycles. The third-order valence-corrected chi connectivity index (χ3v) is 5.88. The summed E-state index contributed by atoms with van der Waals surface area (Å²) in [4.78, 5) is 26.6. The third-order valence-electron chi connectivity index (χ3n) is 5.88. The Morgan fingerprint density at radius 3 is 2.27 bits per heavy atom. The molecule has 8 heteroatoms. The molecule has 0 bridgehead atoms. The van der Waals surface area contributed by atoms with Gasteiger partial charge in [0.05, 0.1) is 6.07 Å². The SMILES string of the molecule is CC(F)(F)CCC(NC(=O)N1CCC2(CC1)CC2)C(=O)NC1(C#N)CC1. The first-order chi connectivity index (χ1) is 12.2. The molecule has 0 aromatic heterocycles. The van der Waals surface area contributed by atoms with E-state index >= 15 is 0 Å². The fourth-order valence-electron chi connectivity index (χ4n) is 3.48. The largest absolute Gasteiger partial charge is 0.336 e. The van der Waals surface area contributed by atoms with Gasteiger partial charge in [0.25, 0.3) is 0 Å². The van der Waals surface area contributed by atoms with Gasteiger partial charge in [-0.2, -0.15) is 5.26 Å². The van der Waals surface area contributed by atoms with Crippen LogP contribution < -0.4 is 10.6 Å². The molecule has 1 aliphatic heterocycles. The van der Waals surface area contributed by atoms with Crippen LogP contribution in [0, 0.1) is 16.7 Å². The summed E-state index contributed by atoms with van der Waals surface area (Å²) in [7, 11) is 0. The van der Waals surface area contributed by atoms with Gasteiger partial charge in [0, 0.05) is 19.5 Å². The number of piperidine rings is 1. The van der Waals surface area contributed by atoms with Crippen LogP contribution in [-0.4, -0.2) is 47.4 Å². The molecule has 0 aromatic rings. The number of urea groups is 1. The fourth-order valence-corrected chi connectivity index (χ4v) is 3.48. The van der Waals surface area contributed by atoms with E-state index in [1.54, 1.807) is 4.90 Å². The van der Waals surface area contributed by atoms with Crippen LogP contribution in [-0.2, 0) is 4.79 Å². The summed E-state index contributed by atoms with van der Waals surface area (Å²) in [5, 5.41) is 14.3. The highest BCUT2D eigenvalue weighted by Crippen LogP contribution is 2.53. The smallest absolute Gasteiger partial charge is 0.318 e. The van der Waals surface area contributed by atoms with Gasteiger partial charge in [0.2, 0.25) is 11.8 Å². The van der Waals surface area contributed by atoms with Gasteiger partial charge < -0.3 is 15.5 Å².